The van der Waals surface area contributed by atoms with Crippen LogP contribution in [0.5, 0.6) is 0 Å². The van der Waals surface area contributed by atoms with Gasteiger partial charge in [-0.2, -0.15) is 5.10 Å². The van der Waals surface area contributed by atoms with E-state index in [1.807, 2.05) is 4.90 Å². The van der Waals surface area contributed by atoms with Crippen molar-refractivity contribution in [1.82, 2.24) is 10.3 Å². The van der Waals surface area contributed by atoms with Gasteiger partial charge in [-0.25, -0.2) is 14.2 Å². The highest BCUT2D eigenvalue weighted by molar-refractivity contribution is 6.01. The van der Waals surface area contributed by atoms with Gasteiger partial charge in [-0.15, -0.1) is 0 Å². The largest absolute Gasteiger partial charge is 0.367 e. The van der Waals surface area contributed by atoms with E-state index < -0.39 is 11.7 Å². The van der Waals surface area contributed by atoms with Gasteiger partial charge in [0.25, 0.3) is 5.91 Å². The van der Waals surface area contributed by atoms with E-state index in [0.717, 1.165) is 32.7 Å². The molecule has 0 bridgehead atoms. The van der Waals surface area contributed by atoms with Crippen LogP contribution in [-0.2, 0) is 0 Å². The van der Waals surface area contributed by atoms with Crippen LogP contribution >= 0.6 is 0 Å². The average molecular weight is 386 g/mol. The molecule has 0 radical (unpaired) electrons. The van der Waals surface area contributed by atoms with Crippen LogP contribution in [0.15, 0.2) is 47.6 Å². The Kier molecular flexibility index (Phi) is 6.36. The van der Waals surface area contributed by atoms with E-state index in [1.165, 1.54) is 24.3 Å². The standard InChI is InChI=1S/C21H24F2N4O/c1-3-26-10-12-27(13-11-26)20-9-8-16(14-19(20)23)15(2)24-25-21(28)17-6-4-5-7-18(17)22/h4-9,14H,3,10-13H2,1-2H3,(H,25,28)/b24-15-. The summed E-state index contributed by atoms with van der Waals surface area (Å²) in [5, 5.41) is 3.98. The first kappa shape index (κ1) is 19.9. The number of hydrogen-bond acceptors (Lipinski definition) is 4. The fraction of sp³-hybridized carbons (Fsp3) is 0.333. The Balaban J connectivity index is 1.68. The molecule has 1 fully saturated rings. The number of rotatable bonds is 5. The Morgan fingerprint density at radius 3 is 2.43 bits per heavy atom. The molecule has 1 heterocycles. The zero-order valence-corrected chi connectivity index (χ0v) is 16.1. The number of benzene rings is 2. The quantitative estimate of drug-likeness (QED) is 0.634. The molecule has 148 valence electrons. The zero-order chi connectivity index (χ0) is 20.1. The third-order valence-electron chi connectivity index (χ3n) is 4.97. The van der Waals surface area contributed by atoms with Gasteiger partial charge in [0.2, 0.25) is 0 Å². The fourth-order valence-corrected chi connectivity index (χ4v) is 3.20. The number of carbonyl (C=O) groups is 1. The molecular weight excluding hydrogens is 362 g/mol. The molecule has 7 heteroatoms. The zero-order valence-electron chi connectivity index (χ0n) is 16.1. The Morgan fingerprint density at radius 1 is 1.07 bits per heavy atom. The van der Waals surface area contributed by atoms with Gasteiger partial charge in [-0.05, 0) is 37.7 Å². The Hall–Kier alpha value is -2.80. The average Bonchev–Trinajstić information content (AvgIpc) is 2.72. The molecule has 1 amide bonds. The first-order valence-electron chi connectivity index (χ1n) is 9.36. The second kappa shape index (κ2) is 8.93. The highest BCUT2D eigenvalue weighted by Crippen LogP contribution is 2.22. The molecule has 5 nitrogen and oxygen atoms in total. The van der Waals surface area contributed by atoms with Crippen molar-refractivity contribution in [2.45, 2.75) is 13.8 Å². The van der Waals surface area contributed by atoms with E-state index in [9.17, 15) is 13.6 Å². The van der Waals surface area contributed by atoms with Crippen molar-refractivity contribution >= 4 is 17.3 Å². The predicted octanol–water partition coefficient (Wildman–Crippen LogP) is 3.26. The van der Waals surface area contributed by atoms with Gasteiger partial charge < -0.3 is 9.80 Å². The number of hydrazone groups is 1. The molecule has 2 aromatic rings. The van der Waals surface area contributed by atoms with Gasteiger partial charge in [0, 0.05) is 31.7 Å². The molecule has 0 saturated carbocycles. The topological polar surface area (TPSA) is 47.9 Å². The van der Waals surface area contributed by atoms with Gasteiger partial charge in [0.15, 0.2) is 0 Å². The van der Waals surface area contributed by atoms with Crippen molar-refractivity contribution in [3.8, 4) is 0 Å². The van der Waals surface area contributed by atoms with Crippen molar-refractivity contribution in [3.63, 3.8) is 0 Å². The lowest BCUT2D eigenvalue weighted by atomic mass is 10.1. The maximum absolute atomic E-state index is 14.6. The highest BCUT2D eigenvalue weighted by Gasteiger charge is 2.19. The van der Waals surface area contributed by atoms with Crippen molar-refractivity contribution in [1.29, 1.82) is 0 Å². The summed E-state index contributed by atoms with van der Waals surface area (Å²) in [5.41, 5.74) is 3.79. The summed E-state index contributed by atoms with van der Waals surface area (Å²) in [6, 6.07) is 10.6. The smallest absolute Gasteiger partial charge is 0.274 e. The normalized spacial score (nSPS) is 15.6. The molecule has 1 N–H and O–H groups in total. The number of likely N-dealkylation sites (N-methyl/N-ethyl adjacent to an activating group) is 1. The van der Waals surface area contributed by atoms with Crippen LogP contribution in [0.3, 0.4) is 0 Å². The van der Waals surface area contributed by atoms with Crippen LogP contribution in [0.1, 0.15) is 29.8 Å². The summed E-state index contributed by atoms with van der Waals surface area (Å²) in [6.07, 6.45) is 0. The highest BCUT2D eigenvalue weighted by atomic mass is 19.1. The molecule has 3 rings (SSSR count). The summed E-state index contributed by atoms with van der Waals surface area (Å²) in [5.74, 6) is -1.59. The SMILES string of the molecule is CCN1CCN(c2ccc(/C(C)=N\NC(=O)c3ccccc3F)cc2F)CC1. The summed E-state index contributed by atoms with van der Waals surface area (Å²) in [4.78, 5) is 16.4. The number of halogens is 2. The second-order valence-corrected chi connectivity index (χ2v) is 6.71. The lowest BCUT2D eigenvalue weighted by Gasteiger charge is -2.35. The molecule has 0 atom stereocenters. The van der Waals surface area contributed by atoms with Gasteiger partial charge in [0.1, 0.15) is 11.6 Å². The molecule has 1 saturated heterocycles. The van der Waals surface area contributed by atoms with E-state index >= 15 is 0 Å². The van der Waals surface area contributed by atoms with Crippen LogP contribution in [0.2, 0.25) is 0 Å². The lowest BCUT2D eigenvalue weighted by molar-refractivity contribution is 0.0951. The maximum atomic E-state index is 14.6. The van der Waals surface area contributed by atoms with Gasteiger partial charge >= 0.3 is 0 Å². The molecule has 0 unspecified atom stereocenters. The monoisotopic (exact) mass is 386 g/mol. The molecule has 28 heavy (non-hydrogen) atoms. The van der Waals surface area contributed by atoms with Gasteiger partial charge in [-0.3, -0.25) is 4.79 Å². The molecule has 2 aromatic carbocycles. The number of carbonyl (C=O) groups excluding carboxylic acids is 1. The first-order valence-corrected chi connectivity index (χ1v) is 9.36. The van der Waals surface area contributed by atoms with E-state index in [1.54, 1.807) is 25.1 Å². The number of nitrogens with zero attached hydrogens (tertiary/aromatic N) is 3. The van der Waals surface area contributed by atoms with Crippen LogP contribution in [0, 0.1) is 11.6 Å². The third-order valence-corrected chi connectivity index (χ3v) is 4.97. The van der Waals surface area contributed by atoms with Crippen LogP contribution in [-0.4, -0.2) is 49.2 Å². The molecule has 1 aliphatic heterocycles. The molecule has 0 aliphatic carbocycles. The van der Waals surface area contributed by atoms with Crippen molar-refractivity contribution in [3.05, 3.63) is 65.2 Å². The predicted molar refractivity (Wildman–Crippen MR) is 107 cm³/mol. The number of piperazine rings is 1. The summed E-state index contributed by atoms with van der Waals surface area (Å²) in [6.45, 7) is 8.20. The van der Waals surface area contributed by atoms with Crippen LogP contribution in [0.4, 0.5) is 14.5 Å². The van der Waals surface area contributed by atoms with Crippen LogP contribution < -0.4 is 10.3 Å². The van der Waals surface area contributed by atoms with Gasteiger partial charge in [0.05, 0.1) is 17.0 Å². The number of hydrogen-bond donors (Lipinski definition) is 1. The minimum atomic E-state index is -0.650. The number of nitrogens with one attached hydrogen (secondary N) is 1. The second-order valence-electron chi connectivity index (χ2n) is 6.71. The van der Waals surface area contributed by atoms with Crippen molar-refractivity contribution in [2.75, 3.05) is 37.6 Å². The summed E-state index contributed by atoms with van der Waals surface area (Å²) in [7, 11) is 0. The number of anilines is 1. The third kappa shape index (κ3) is 4.54. The first-order chi connectivity index (χ1) is 13.5. The minimum absolute atomic E-state index is 0.0909. The van der Waals surface area contributed by atoms with Gasteiger partial charge in [-0.1, -0.05) is 25.1 Å². The number of amides is 1. The maximum Gasteiger partial charge on any atom is 0.274 e. The Labute approximate surface area is 163 Å². The fourth-order valence-electron chi connectivity index (χ4n) is 3.20. The molecular formula is C21H24F2N4O. The van der Waals surface area contributed by atoms with E-state index in [-0.39, 0.29) is 11.4 Å². The lowest BCUT2D eigenvalue weighted by Crippen LogP contribution is -2.46. The van der Waals surface area contributed by atoms with E-state index in [0.29, 0.717) is 17.0 Å². The summed E-state index contributed by atoms with van der Waals surface area (Å²) < 4.78 is 28.3. The summed E-state index contributed by atoms with van der Waals surface area (Å²) >= 11 is 0. The minimum Gasteiger partial charge on any atom is -0.367 e. The van der Waals surface area contributed by atoms with E-state index in [4.69, 9.17) is 0 Å². The Bertz CT molecular complexity index is 876. The Morgan fingerprint density at radius 2 is 1.79 bits per heavy atom. The molecule has 1 aliphatic rings. The van der Waals surface area contributed by atoms with Crippen molar-refractivity contribution < 1.29 is 13.6 Å². The van der Waals surface area contributed by atoms with Crippen LogP contribution in [0.25, 0.3) is 0 Å². The van der Waals surface area contributed by atoms with Crippen molar-refractivity contribution in [2.24, 2.45) is 5.10 Å². The molecule has 0 spiro atoms. The van der Waals surface area contributed by atoms with E-state index in [2.05, 4.69) is 22.4 Å². The molecule has 0 aromatic heterocycles.